The monoisotopic (exact) mass is 346 g/mol. The first-order valence-electron chi connectivity index (χ1n) is 8.92. The van der Waals surface area contributed by atoms with Crippen LogP contribution in [0.1, 0.15) is 12.8 Å². The molecule has 1 fully saturated rings. The summed E-state index contributed by atoms with van der Waals surface area (Å²) >= 11 is 0. The summed E-state index contributed by atoms with van der Waals surface area (Å²) in [7, 11) is 1.67. The highest BCUT2D eigenvalue weighted by atomic mass is 16.5. The highest BCUT2D eigenvalue weighted by molar-refractivity contribution is 5.67. The van der Waals surface area contributed by atoms with Gasteiger partial charge in [0.25, 0.3) is 0 Å². The van der Waals surface area contributed by atoms with E-state index in [9.17, 15) is 0 Å². The molecule has 0 atom stereocenters. The molecule has 1 saturated heterocycles. The van der Waals surface area contributed by atoms with E-state index in [0.717, 1.165) is 47.5 Å². The molecule has 0 amide bonds. The number of aromatic nitrogens is 2. The molecule has 5 nitrogen and oxygen atoms in total. The highest BCUT2D eigenvalue weighted by Gasteiger charge is 2.17. The van der Waals surface area contributed by atoms with Crippen LogP contribution in [0.25, 0.3) is 11.3 Å². The minimum absolute atomic E-state index is 0.792. The van der Waals surface area contributed by atoms with Crippen molar-refractivity contribution in [2.24, 2.45) is 0 Å². The third-order valence-corrected chi connectivity index (χ3v) is 4.54. The van der Waals surface area contributed by atoms with Gasteiger partial charge in [-0.2, -0.15) is 4.98 Å². The lowest BCUT2D eigenvalue weighted by atomic mass is 10.1. The van der Waals surface area contributed by atoms with E-state index < -0.39 is 0 Å². The Morgan fingerprint density at radius 2 is 1.65 bits per heavy atom. The Morgan fingerprint density at radius 3 is 2.35 bits per heavy atom. The fourth-order valence-electron chi connectivity index (χ4n) is 3.14. The molecule has 0 bridgehead atoms. The van der Waals surface area contributed by atoms with Gasteiger partial charge in [-0.25, -0.2) is 4.98 Å². The van der Waals surface area contributed by atoms with E-state index in [2.05, 4.69) is 22.3 Å². The Bertz CT molecular complexity index is 859. The number of benzene rings is 2. The number of ether oxygens (including phenoxy) is 1. The van der Waals surface area contributed by atoms with Gasteiger partial charge in [-0.3, -0.25) is 0 Å². The van der Waals surface area contributed by atoms with Gasteiger partial charge in [-0.15, -0.1) is 0 Å². The Morgan fingerprint density at radius 1 is 0.923 bits per heavy atom. The van der Waals surface area contributed by atoms with E-state index in [1.807, 2.05) is 48.5 Å². The smallest absolute Gasteiger partial charge is 0.227 e. The molecule has 26 heavy (non-hydrogen) atoms. The van der Waals surface area contributed by atoms with Crippen LogP contribution in [0.5, 0.6) is 5.75 Å². The first kappa shape index (κ1) is 16.4. The minimum atomic E-state index is 0.792. The molecular weight excluding hydrogens is 324 g/mol. The van der Waals surface area contributed by atoms with Crippen molar-refractivity contribution in [1.82, 2.24) is 9.97 Å². The number of hydrogen-bond donors (Lipinski definition) is 1. The van der Waals surface area contributed by atoms with Gasteiger partial charge in [0.15, 0.2) is 0 Å². The largest absolute Gasteiger partial charge is 0.497 e. The van der Waals surface area contributed by atoms with E-state index >= 15 is 0 Å². The van der Waals surface area contributed by atoms with Crippen LogP contribution in [0, 0.1) is 0 Å². The van der Waals surface area contributed by atoms with Crippen molar-refractivity contribution in [3.63, 3.8) is 0 Å². The molecule has 1 aliphatic rings. The first-order valence-corrected chi connectivity index (χ1v) is 8.92. The number of nitrogens with zero attached hydrogens (tertiary/aromatic N) is 3. The summed E-state index contributed by atoms with van der Waals surface area (Å²) in [6.45, 7) is 2.03. The van der Waals surface area contributed by atoms with Gasteiger partial charge in [0.05, 0.1) is 12.8 Å². The standard InChI is InChI=1S/C21H22N4O/c1-26-18-11-9-17(10-12-18)22-20-15-19(16-7-3-2-4-8-16)23-21(24-20)25-13-5-6-14-25/h2-4,7-12,15H,5-6,13-14H2,1H3,(H,22,23,24). The van der Waals surface area contributed by atoms with Crippen LogP contribution < -0.4 is 15.0 Å². The Hall–Kier alpha value is -3.08. The molecule has 0 saturated carbocycles. The van der Waals surface area contributed by atoms with Crippen molar-refractivity contribution in [3.05, 3.63) is 60.7 Å². The number of rotatable bonds is 5. The summed E-state index contributed by atoms with van der Waals surface area (Å²) in [5.74, 6) is 2.42. The summed E-state index contributed by atoms with van der Waals surface area (Å²) in [6.07, 6.45) is 2.39. The Balaban J connectivity index is 1.68. The Kier molecular flexibility index (Phi) is 4.69. The molecule has 132 valence electrons. The zero-order valence-electron chi connectivity index (χ0n) is 14.9. The molecule has 1 aromatic heterocycles. The zero-order chi connectivity index (χ0) is 17.8. The second-order valence-electron chi connectivity index (χ2n) is 6.35. The third kappa shape index (κ3) is 3.61. The molecule has 2 aromatic carbocycles. The molecule has 3 aromatic rings. The second kappa shape index (κ2) is 7.44. The number of anilines is 3. The van der Waals surface area contributed by atoms with Crippen LogP contribution in [0.3, 0.4) is 0 Å². The van der Waals surface area contributed by atoms with E-state index in [1.54, 1.807) is 7.11 Å². The molecule has 4 rings (SSSR count). The highest BCUT2D eigenvalue weighted by Crippen LogP contribution is 2.27. The summed E-state index contributed by atoms with van der Waals surface area (Å²) in [6, 6.07) is 20.1. The van der Waals surface area contributed by atoms with Crippen LogP contribution in [0.15, 0.2) is 60.7 Å². The number of methoxy groups -OCH3 is 1. The lowest BCUT2D eigenvalue weighted by molar-refractivity contribution is 0.415. The third-order valence-electron chi connectivity index (χ3n) is 4.54. The summed E-state index contributed by atoms with van der Waals surface area (Å²) in [5.41, 5.74) is 2.99. The van der Waals surface area contributed by atoms with Crippen molar-refractivity contribution in [2.45, 2.75) is 12.8 Å². The predicted octanol–water partition coefficient (Wildman–Crippen LogP) is 4.50. The lowest BCUT2D eigenvalue weighted by Gasteiger charge is -2.18. The maximum absolute atomic E-state index is 5.22. The van der Waals surface area contributed by atoms with Crippen LogP contribution in [-0.2, 0) is 0 Å². The molecule has 0 spiro atoms. The molecule has 0 aliphatic carbocycles. The van der Waals surface area contributed by atoms with Crippen LogP contribution in [0.4, 0.5) is 17.5 Å². The van der Waals surface area contributed by atoms with Crippen LogP contribution in [-0.4, -0.2) is 30.2 Å². The quantitative estimate of drug-likeness (QED) is 0.737. The maximum atomic E-state index is 5.22. The fourth-order valence-corrected chi connectivity index (χ4v) is 3.14. The number of hydrogen-bond acceptors (Lipinski definition) is 5. The van der Waals surface area contributed by atoms with Gasteiger partial charge in [0, 0.05) is 30.4 Å². The zero-order valence-corrected chi connectivity index (χ0v) is 14.9. The van der Waals surface area contributed by atoms with Crippen LogP contribution in [0.2, 0.25) is 0 Å². The van der Waals surface area contributed by atoms with Gasteiger partial charge in [0.2, 0.25) is 5.95 Å². The van der Waals surface area contributed by atoms with Crippen molar-refractivity contribution < 1.29 is 4.74 Å². The van der Waals surface area contributed by atoms with Crippen LogP contribution >= 0.6 is 0 Å². The molecule has 0 unspecified atom stereocenters. The van der Waals surface area contributed by atoms with Crippen molar-refractivity contribution in [1.29, 1.82) is 0 Å². The van der Waals surface area contributed by atoms with E-state index in [-0.39, 0.29) is 0 Å². The minimum Gasteiger partial charge on any atom is -0.497 e. The molecule has 1 aliphatic heterocycles. The van der Waals surface area contributed by atoms with E-state index in [1.165, 1.54) is 12.8 Å². The summed E-state index contributed by atoms with van der Waals surface area (Å²) < 4.78 is 5.22. The predicted molar refractivity (Wildman–Crippen MR) is 105 cm³/mol. The molecule has 5 heteroatoms. The van der Waals surface area contributed by atoms with Crippen molar-refractivity contribution >= 4 is 17.5 Å². The normalized spacial score (nSPS) is 13.7. The van der Waals surface area contributed by atoms with Gasteiger partial charge >= 0.3 is 0 Å². The van der Waals surface area contributed by atoms with Gasteiger partial charge in [0.1, 0.15) is 11.6 Å². The van der Waals surface area contributed by atoms with E-state index in [0.29, 0.717) is 0 Å². The average Bonchev–Trinajstić information content (AvgIpc) is 3.24. The lowest BCUT2D eigenvalue weighted by Crippen LogP contribution is -2.21. The molecular formula is C21H22N4O. The van der Waals surface area contributed by atoms with Crippen molar-refractivity contribution in [2.75, 3.05) is 30.4 Å². The second-order valence-corrected chi connectivity index (χ2v) is 6.35. The summed E-state index contributed by atoms with van der Waals surface area (Å²) in [5, 5.41) is 3.40. The van der Waals surface area contributed by atoms with Gasteiger partial charge in [-0.05, 0) is 37.1 Å². The molecule has 1 N–H and O–H groups in total. The SMILES string of the molecule is COc1ccc(Nc2cc(-c3ccccc3)nc(N3CCCC3)n2)cc1. The number of nitrogens with one attached hydrogen (secondary N) is 1. The molecule has 0 radical (unpaired) electrons. The van der Waals surface area contributed by atoms with Gasteiger partial charge < -0.3 is 15.0 Å². The topological polar surface area (TPSA) is 50.3 Å². The van der Waals surface area contributed by atoms with Gasteiger partial charge in [-0.1, -0.05) is 30.3 Å². The maximum Gasteiger partial charge on any atom is 0.227 e. The first-order chi connectivity index (χ1) is 12.8. The van der Waals surface area contributed by atoms with E-state index in [4.69, 9.17) is 14.7 Å². The fraction of sp³-hybridized carbons (Fsp3) is 0.238. The molecule has 2 heterocycles. The average molecular weight is 346 g/mol. The Labute approximate surface area is 153 Å². The van der Waals surface area contributed by atoms with Crippen molar-refractivity contribution in [3.8, 4) is 17.0 Å². The summed E-state index contributed by atoms with van der Waals surface area (Å²) in [4.78, 5) is 11.8.